The smallest absolute Gasteiger partial charge is 0.239 e. The van der Waals surface area contributed by atoms with Gasteiger partial charge in [0.15, 0.2) is 0 Å². The standard InChI is InChI=1S/C14H21N3O/c1-2-3-7-16-14(18)10-17-8-6-11-9-12(15)4-5-13(11)17/h4-5,9H,2-3,6-8,10,15H2,1H3,(H,16,18). The number of anilines is 2. The monoisotopic (exact) mass is 247 g/mol. The normalized spacial score (nSPS) is 13.5. The molecule has 0 atom stereocenters. The molecular weight excluding hydrogens is 226 g/mol. The summed E-state index contributed by atoms with van der Waals surface area (Å²) in [6, 6.07) is 5.91. The Morgan fingerprint density at radius 2 is 2.33 bits per heavy atom. The van der Waals surface area contributed by atoms with Crippen LogP contribution in [0.4, 0.5) is 11.4 Å². The Kier molecular flexibility index (Phi) is 4.07. The Morgan fingerprint density at radius 3 is 3.11 bits per heavy atom. The largest absolute Gasteiger partial charge is 0.399 e. The Morgan fingerprint density at radius 1 is 1.50 bits per heavy atom. The van der Waals surface area contributed by atoms with Crippen LogP contribution in [-0.2, 0) is 11.2 Å². The molecule has 0 bridgehead atoms. The van der Waals surface area contributed by atoms with Crippen LogP contribution in [0.15, 0.2) is 18.2 Å². The van der Waals surface area contributed by atoms with Gasteiger partial charge in [0.2, 0.25) is 5.91 Å². The first-order valence-electron chi connectivity index (χ1n) is 6.60. The summed E-state index contributed by atoms with van der Waals surface area (Å²) < 4.78 is 0. The summed E-state index contributed by atoms with van der Waals surface area (Å²) in [4.78, 5) is 13.9. The molecule has 1 aromatic carbocycles. The van der Waals surface area contributed by atoms with Crippen LogP contribution in [0.3, 0.4) is 0 Å². The number of amides is 1. The Balaban J connectivity index is 1.91. The number of benzene rings is 1. The first-order chi connectivity index (χ1) is 8.70. The van der Waals surface area contributed by atoms with Gasteiger partial charge in [0.1, 0.15) is 0 Å². The number of unbranched alkanes of at least 4 members (excludes halogenated alkanes) is 1. The van der Waals surface area contributed by atoms with Gasteiger partial charge in [0.25, 0.3) is 0 Å². The summed E-state index contributed by atoms with van der Waals surface area (Å²) in [5.74, 6) is 0.105. The van der Waals surface area contributed by atoms with E-state index in [1.807, 2.05) is 18.2 Å². The number of nitrogens with one attached hydrogen (secondary N) is 1. The lowest BCUT2D eigenvalue weighted by Crippen LogP contribution is -2.36. The average molecular weight is 247 g/mol. The highest BCUT2D eigenvalue weighted by molar-refractivity contribution is 5.82. The number of rotatable bonds is 5. The fourth-order valence-electron chi connectivity index (χ4n) is 2.29. The number of carbonyl (C=O) groups excluding carboxylic acids is 1. The van der Waals surface area contributed by atoms with E-state index in [1.54, 1.807) is 0 Å². The maximum Gasteiger partial charge on any atom is 0.239 e. The molecule has 1 aliphatic heterocycles. The van der Waals surface area contributed by atoms with Crippen molar-refractivity contribution >= 4 is 17.3 Å². The van der Waals surface area contributed by atoms with Crippen LogP contribution < -0.4 is 16.0 Å². The van der Waals surface area contributed by atoms with Gasteiger partial charge >= 0.3 is 0 Å². The zero-order valence-corrected chi connectivity index (χ0v) is 10.9. The van der Waals surface area contributed by atoms with Crippen LogP contribution in [-0.4, -0.2) is 25.5 Å². The predicted molar refractivity (Wildman–Crippen MR) is 74.7 cm³/mol. The third-order valence-electron chi connectivity index (χ3n) is 3.28. The number of hydrogen-bond donors (Lipinski definition) is 2. The molecule has 18 heavy (non-hydrogen) atoms. The molecule has 3 N–H and O–H groups in total. The van der Waals surface area contributed by atoms with E-state index in [0.717, 1.165) is 43.7 Å². The van der Waals surface area contributed by atoms with Gasteiger partial charge in [-0.3, -0.25) is 4.79 Å². The van der Waals surface area contributed by atoms with Gasteiger partial charge < -0.3 is 16.0 Å². The van der Waals surface area contributed by atoms with E-state index in [-0.39, 0.29) is 5.91 Å². The molecule has 0 aliphatic carbocycles. The van der Waals surface area contributed by atoms with Crippen molar-refractivity contribution in [3.63, 3.8) is 0 Å². The number of nitrogen functional groups attached to an aromatic ring is 1. The van der Waals surface area contributed by atoms with Gasteiger partial charge in [0, 0.05) is 24.5 Å². The minimum atomic E-state index is 0.105. The molecule has 98 valence electrons. The van der Waals surface area contributed by atoms with Crippen molar-refractivity contribution in [2.24, 2.45) is 0 Å². The van der Waals surface area contributed by atoms with Crippen molar-refractivity contribution < 1.29 is 4.79 Å². The van der Waals surface area contributed by atoms with Gasteiger partial charge in [-0.1, -0.05) is 13.3 Å². The minimum Gasteiger partial charge on any atom is -0.399 e. The maximum atomic E-state index is 11.8. The van der Waals surface area contributed by atoms with Gasteiger partial charge in [-0.05, 0) is 36.6 Å². The van der Waals surface area contributed by atoms with E-state index in [0.29, 0.717) is 6.54 Å². The lowest BCUT2D eigenvalue weighted by molar-refractivity contribution is -0.119. The summed E-state index contributed by atoms with van der Waals surface area (Å²) in [5.41, 5.74) is 8.95. The molecule has 1 aliphatic rings. The summed E-state index contributed by atoms with van der Waals surface area (Å²) in [6.45, 7) is 4.24. The number of nitrogens with two attached hydrogens (primary N) is 1. The number of carbonyl (C=O) groups is 1. The zero-order valence-electron chi connectivity index (χ0n) is 10.9. The van der Waals surface area contributed by atoms with Crippen LogP contribution in [0.2, 0.25) is 0 Å². The van der Waals surface area contributed by atoms with Crippen LogP contribution in [0.25, 0.3) is 0 Å². The first kappa shape index (κ1) is 12.7. The SMILES string of the molecule is CCCCNC(=O)CN1CCc2cc(N)ccc21. The molecule has 4 nitrogen and oxygen atoms in total. The fraction of sp³-hybridized carbons (Fsp3) is 0.500. The molecule has 1 aromatic rings. The van der Waals surface area contributed by atoms with E-state index in [4.69, 9.17) is 5.73 Å². The van der Waals surface area contributed by atoms with Crippen molar-refractivity contribution in [3.8, 4) is 0 Å². The van der Waals surface area contributed by atoms with Crippen molar-refractivity contribution in [2.75, 3.05) is 30.3 Å². The van der Waals surface area contributed by atoms with E-state index >= 15 is 0 Å². The minimum absolute atomic E-state index is 0.105. The third-order valence-corrected chi connectivity index (χ3v) is 3.28. The lowest BCUT2D eigenvalue weighted by Gasteiger charge is -2.18. The van der Waals surface area contributed by atoms with Gasteiger partial charge in [-0.2, -0.15) is 0 Å². The van der Waals surface area contributed by atoms with E-state index in [2.05, 4.69) is 17.1 Å². The molecule has 0 radical (unpaired) electrons. The summed E-state index contributed by atoms with van der Waals surface area (Å²) in [7, 11) is 0. The molecule has 0 saturated heterocycles. The van der Waals surface area contributed by atoms with Crippen LogP contribution in [0, 0.1) is 0 Å². The molecular formula is C14H21N3O. The van der Waals surface area contributed by atoms with E-state index < -0.39 is 0 Å². The molecule has 0 fully saturated rings. The third kappa shape index (κ3) is 2.94. The fourth-order valence-corrected chi connectivity index (χ4v) is 2.29. The van der Waals surface area contributed by atoms with Crippen molar-refractivity contribution in [3.05, 3.63) is 23.8 Å². The zero-order chi connectivity index (χ0) is 13.0. The highest BCUT2D eigenvalue weighted by Crippen LogP contribution is 2.29. The van der Waals surface area contributed by atoms with Crippen LogP contribution >= 0.6 is 0 Å². The molecule has 2 rings (SSSR count). The molecule has 0 unspecified atom stereocenters. The Labute approximate surface area is 108 Å². The summed E-state index contributed by atoms with van der Waals surface area (Å²) >= 11 is 0. The highest BCUT2D eigenvalue weighted by Gasteiger charge is 2.20. The van der Waals surface area contributed by atoms with Gasteiger partial charge in [-0.15, -0.1) is 0 Å². The number of fused-ring (bicyclic) bond motifs is 1. The number of nitrogens with zero attached hydrogens (tertiary/aromatic N) is 1. The number of hydrogen-bond acceptors (Lipinski definition) is 3. The Hall–Kier alpha value is -1.71. The summed E-state index contributed by atoms with van der Waals surface area (Å²) in [5, 5.41) is 2.95. The molecule has 0 aromatic heterocycles. The quantitative estimate of drug-likeness (QED) is 0.613. The highest BCUT2D eigenvalue weighted by atomic mass is 16.2. The molecule has 0 spiro atoms. The first-order valence-corrected chi connectivity index (χ1v) is 6.60. The van der Waals surface area contributed by atoms with E-state index in [9.17, 15) is 4.79 Å². The van der Waals surface area contributed by atoms with Crippen molar-refractivity contribution in [2.45, 2.75) is 26.2 Å². The second-order valence-electron chi connectivity index (χ2n) is 4.76. The second kappa shape index (κ2) is 5.76. The van der Waals surface area contributed by atoms with Crippen molar-refractivity contribution in [1.29, 1.82) is 0 Å². The van der Waals surface area contributed by atoms with Crippen LogP contribution in [0.1, 0.15) is 25.3 Å². The average Bonchev–Trinajstić information content (AvgIpc) is 2.72. The Bertz CT molecular complexity index is 431. The van der Waals surface area contributed by atoms with E-state index in [1.165, 1.54) is 5.56 Å². The van der Waals surface area contributed by atoms with Crippen LogP contribution in [0.5, 0.6) is 0 Å². The predicted octanol–water partition coefficient (Wildman–Crippen LogP) is 1.55. The maximum absolute atomic E-state index is 11.8. The molecule has 0 saturated carbocycles. The van der Waals surface area contributed by atoms with Gasteiger partial charge in [-0.25, -0.2) is 0 Å². The van der Waals surface area contributed by atoms with Crippen molar-refractivity contribution in [1.82, 2.24) is 5.32 Å². The summed E-state index contributed by atoms with van der Waals surface area (Å²) in [6.07, 6.45) is 3.12. The molecule has 1 amide bonds. The second-order valence-corrected chi connectivity index (χ2v) is 4.76. The lowest BCUT2D eigenvalue weighted by atomic mass is 10.1. The topological polar surface area (TPSA) is 58.4 Å². The van der Waals surface area contributed by atoms with Gasteiger partial charge in [0.05, 0.1) is 6.54 Å². The molecule has 1 heterocycles. The molecule has 4 heteroatoms.